The number of carbonyl (C=O) groups is 1. The second-order valence-electron chi connectivity index (χ2n) is 7.72. The van der Waals surface area contributed by atoms with Gasteiger partial charge in [-0.1, -0.05) is 29.8 Å². The molecule has 0 unspecified atom stereocenters. The minimum Gasteiger partial charge on any atom is -0.497 e. The lowest BCUT2D eigenvalue weighted by molar-refractivity contribution is -0.117. The van der Waals surface area contributed by atoms with Crippen molar-refractivity contribution >= 4 is 22.5 Å². The van der Waals surface area contributed by atoms with Gasteiger partial charge in [0.05, 0.1) is 29.6 Å². The smallest absolute Gasteiger partial charge is 0.265 e. The number of hydrogen-bond acceptors (Lipinski definition) is 4. The van der Waals surface area contributed by atoms with Gasteiger partial charge >= 0.3 is 0 Å². The number of fused-ring (bicyclic) bond motifs is 2. The Morgan fingerprint density at radius 2 is 1.81 bits per heavy atom. The highest BCUT2D eigenvalue weighted by atomic mass is 16.5. The van der Waals surface area contributed by atoms with Crippen LogP contribution in [0.5, 0.6) is 5.75 Å². The molecule has 0 bridgehead atoms. The molecule has 6 nitrogen and oxygen atoms in total. The number of rotatable bonds is 4. The Bertz CT molecular complexity index is 1370. The second kappa shape index (κ2) is 7.40. The molecule has 2 heterocycles. The minimum absolute atomic E-state index is 0.0794. The number of nitrogens with one attached hydrogen (secondary N) is 1. The minimum atomic E-state index is -0.410. The molecule has 5 rings (SSSR count). The molecule has 154 valence electrons. The van der Waals surface area contributed by atoms with Crippen molar-refractivity contribution in [2.24, 2.45) is 0 Å². The third kappa shape index (κ3) is 3.26. The molecule has 1 amide bonds. The Morgan fingerprint density at radius 3 is 2.58 bits per heavy atom. The van der Waals surface area contributed by atoms with E-state index in [2.05, 4.69) is 5.32 Å². The molecule has 4 aromatic rings. The number of nitrogens with zero attached hydrogens (tertiary/aromatic N) is 2. The zero-order valence-corrected chi connectivity index (χ0v) is 17.3. The lowest BCUT2D eigenvalue weighted by Crippen LogP contribution is -2.26. The predicted octanol–water partition coefficient (Wildman–Crippen LogP) is 3.98. The fourth-order valence-electron chi connectivity index (χ4n) is 4.14. The van der Waals surface area contributed by atoms with E-state index in [0.717, 1.165) is 16.8 Å². The van der Waals surface area contributed by atoms with Crippen LogP contribution in [0.3, 0.4) is 0 Å². The van der Waals surface area contributed by atoms with Crippen molar-refractivity contribution in [3.8, 4) is 11.4 Å². The summed E-state index contributed by atoms with van der Waals surface area (Å²) in [5.74, 6) is 0.756. The van der Waals surface area contributed by atoms with Crippen molar-refractivity contribution in [1.82, 2.24) is 9.55 Å². The topological polar surface area (TPSA) is 73.2 Å². The maximum atomic E-state index is 13.5. The van der Waals surface area contributed by atoms with Crippen molar-refractivity contribution < 1.29 is 9.53 Å². The van der Waals surface area contributed by atoms with Crippen LogP contribution in [0, 0.1) is 6.92 Å². The monoisotopic (exact) mass is 411 g/mol. The molecular weight excluding hydrogens is 390 g/mol. The molecular formula is C25H21N3O3. The second-order valence-corrected chi connectivity index (χ2v) is 7.72. The lowest BCUT2D eigenvalue weighted by atomic mass is 9.95. The van der Waals surface area contributed by atoms with Crippen LogP contribution in [0.2, 0.25) is 0 Å². The van der Waals surface area contributed by atoms with E-state index in [0.29, 0.717) is 34.6 Å². The number of methoxy groups -OCH3 is 1. The fraction of sp³-hybridized carbons (Fsp3) is 0.160. The Labute approximate surface area is 179 Å². The highest BCUT2D eigenvalue weighted by Gasteiger charge is 2.32. The molecule has 0 aliphatic carbocycles. The lowest BCUT2D eigenvalue weighted by Gasteiger charge is -2.16. The summed E-state index contributed by atoms with van der Waals surface area (Å²) in [5.41, 5.74) is 3.98. The van der Waals surface area contributed by atoms with Gasteiger partial charge in [-0.2, -0.15) is 0 Å². The van der Waals surface area contributed by atoms with Gasteiger partial charge in [0.1, 0.15) is 11.6 Å². The van der Waals surface area contributed by atoms with Crippen LogP contribution in [0.15, 0.2) is 71.5 Å². The third-order valence-electron chi connectivity index (χ3n) is 5.72. The maximum absolute atomic E-state index is 13.5. The zero-order chi connectivity index (χ0) is 21.5. The number of hydrogen-bond donors (Lipinski definition) is 1. The van der Waals surface area contributed by atoms with Crippen molar-refractivity contribution in [2.75, 3.05) is 12.4 Å². The third-order valence-corrected chi connectivity index (χ3v) is 5.72. The van der Waals surface area contributed by atoms with E-state index < -0.39 is 5.92 Å². The van der Waals surface area contributed by atoms with E-state index in [9.17, 15) is 9.59 Å². The average molecular weight is 411 g/mol. The van der Waals surface area contributed by atoms with E-state index in [1.807, 2.05) is 67.6 Å². The Balaban J connectivity index is 1.68. The molecule has 0 radical (unpaired) electrons. The number of benzene rings is 3. The fourth-order valence-corrected chi connectivity index (χ4v) is 4.14. The first-order valence-electron chi connectivity index (χ1n) is 10.1. The van der Waals surface area contributed by atoms with Gasteiger partial charge in [0.25, 0.3) is 5.56 Å². The first-order chi connectivity index (χ1) is 15.0. The summed E-state index contributed by atoms with van der Waals surface area (Å²) in [6.07, 6.45) is 0.314. The van der Waals surface area contributed by atoms with Crippen molar-refractivity contribution in [1.29, 1.82) is 0 Å². The van der Waals surface area contributed by atoms with Crippen LogP contribution in [0.25, 0.3) is 16.6 Å². The van der Waals surface area contributed by atoms with Gasteiger partial charge in [-0.3, -0.25) is 14.2 Å². The van der Waals surface area contributed by atoms with Gasteiger partial charge in [-0.25, -0.2) is 4.98 Å². The van der Waals surface area contributed by atoms with Gasteiger partial charge in [-0.05, 0) is 55.0 Å². The van der Waals surface area contributed by atoms with Crippen LogP contribution in [-0.2, 0) is 11.2 Å². The standard InChI is InChI=1S/C25H21N3O3/c1-15-7-12-22-19(13-15)20(24(29)27-22)14-23-26-21-6-4-3-5-18(21)25(30)28(23)16-8-10-17(31-2)11-9-16/h3-13,20H,14H2,1-2H3,(H,27,29)/t20-/m1/s1. The quantitative estimate of drug-likeness (QED) is 0.551. The number of aryl methyl sites for hydroxylation is 1. The zero-order valence-electron chi connectivity index (χ0n) is 17.3. The van der Waals surface area contributed by atoms with E-state index in [1.165, 1.54) is 0 Å². The number of anilines is 1. The molecule has 1 aromatic heterocycles. The summed E-state index contributed by atoms with van der Waals surface area (Å²) >= 11 is 0. The van der Waals surface area contributed by atoms with Gasteiger partial charge in [0.15, 0.2) is 0 Å². The summed E-state index contributed by atoms with van der Waals surface area (Å²) in [6.45, 7) is 2.00. The van der Waals surface area contributed by atoms with Crippen LogP contribution in [0.1, 0.15) is 22.9 Å². The van der Waals surface area contributed by atoms with E-state index in [1.54, 1.807) is 17.7 Å². The number of aromatic nitrogens is 2. The first-order valence-corrected chi connectivity index (χ1v) is 10.1. The summed E-state index contributed by atoms with van der Waals surface area (Å²) in [4.78, 5) is 31.0. The van der Waals surface area contributed by atoms with Gasteiger partial charge in [0.2, 0.25) is 5.91 Å². The SMILES string of the molecule is COc1ccc(-n2c(C[C@H]3C(=O)Nc4ccc(C)cc43)nc3ccccc3c2=O)cc1. The molecule has 1 atom stereocenters. The molecule has 0 fully saturated rings. The van der Waals surface area contributed by atoms with E-state index in [4.69, 9.17) is 9.72 Å². The Hall–Kier alpha value is -3.93. The molecule has 1 N–H and O–H groups in total. The maximum Gasteiger partial charge on any atom is 0.265 e. The van der Waals surface area contributed by atoms with E-state index in [-0.39, 0.29) is 11.5 Å². The molecule has 1 aliphatic heterocycles. The largest absolute Gasteiger partial charge is 0.497 e. The summed E-state index contributed by atoms with van der Waals surface area (Å²) in [7, 11) is 1.60. The van der Waals surface area contributed by atoms with Crippen LogP contribution in [-0.4, -0.2) is 22.6 Å². The predicted molar refractivity (Wildman–Crippen MR) is 120 cm³/mol. The highest BCUT2D eigenvalue weighted by Crippen LogP contribution is 2.35. The Morgan fingerprint density at radius 1 is 1.03 bits per heavy atom. The number of amides is 1. The molecule has 3 aromatic carbocycles. The molecule has 31 heavy (non-hydrogen) atoms. The summed E-state index contributed by atoms with van der Waals surface area (Å²) in [5, 5.41) is 3.49. The van der Waals surface area contributed by atoms with Crippen LogP contribution < -0.4 is 15.6 Å². The van der Waals surface area contributed by atoms with Crippen molar-refractivity contribution in [3.05, 3.63) is 94.0 Å². The van der Waals surface area contributed by atoms with E-state index >= 15 is 0 Å². The van der Waals surface area contributed by atoms with Gasteiger partial charge in [0, 0.05) is 12.1 Å². The average Bonchev–Trinajstić information content (AvgIpc) is 3.08. The summed E-state index contributed by atoms with van der Waals surface area (Å²) in [6, 6.07) is 20.5. The number of carbonyl (C=O) groups excluding carboxylic acids is 1. The molecule has 0 saturated heterocycles. The highest BCUT2D eigenvalue weighted by molar-refractivity contribution is 6.03. The first kappa shape index (κ1) is 19.1. The van der Waals surface area contributed by atoms with Crippen molar-refractivity contribution in [3.63, 3.8) is 0 Å². The normalized spacial score (nSPS) is 15.0. The summed E-state index contributed by atoms with van der Waals surface area (Å²) < 4.78 is 6.85. The molecule has 0 spiro atoms. The van der Waals surface area contributed by atoms with Crippen LogP contribution >= 0.6 is 0 Å². The molecule has 6 heteroatoms. The van der Waals surface area contributed by atoms with Gasteiger partial charge < -0.3 is 10.1 Å². The van der Waals surface area contributed by atoms with Crippen LogP contribution in [0.4, 0.5) is 5.69 Å². The molecule has 0 saturated carbocycles. The molecule has 1 aliphatic rings. The van der Waals surface area contributed by atoms with Crippen molar-refractivity contribution in [2.45, 2.75) is 19.3 Å². The Kier molecular flexibility index (Phi) is 4.55. The van der Waals surface area contributed by atoms with Gasteiger partial charge in [-0.15, -0.1) is 0 Å². The number of para-hydroxylation sites is 1. The number of ether oxygens (including phenoxy) is 1.